The maximum absolute atomic E-state index is 12.3. The van der Waals surface area contributed by atoms with Gasteiger partial charge in [0.15, 0.2) is 0 Å². The first kappa shape index (κ1) is 15.8. The maximum Gasteiger partial charge on any atom is 0.252 e. The first-order valence-electron chi connectivity index (χ1n) is 8.81. The highest BCUT2D eigenvalue weighted by atomic mass is 16.1. The molecule has 1 saturated heterocycles. The Bertz CT molecular complexity index is 936. The molecule has 0 bridgehead atoms. The number of nitrogens with zero attached hydrogens (tertiary/aromatic N) is 3. The van der Waals surface area contributed by atoms with Gasteiger partial charge in [-0.2, -0.15) is 0 Å². The van der Waals surface area contributed by atoms with E-state index in [1.165, 1.54) is 0 Å². The number of aromatic amines is 1. The van der Waals surface area contributed by atoms with Crippen molar-refractivity contribution in [1.29, 1.82) is 0 Å². The van der Waals surface area contributed by atoms with Crippen LogP contribution in [0.4, 0.5) is 5.95 Å². The molecule has 1 aliphatic heterocycles. The SMILES string of the molecule is CCN1CCN(c2nc(-c3cccc4ccccc34)cc(=O)[nH]2)CC1. The van der Waals surface area contributed by atoms with Crippen LogP contribution in [-0.2, 0) is 0 Å². The van der Waals surface area contributed by atoms with Gasteiger partial charge in [-0.15, -0.1) is 0 Å². The Morgan fingerprint density at radius 3 is 2.60 bits per heavy atom. The smallest absolute Gasteiger partial charge is 0.252 e. The average Bonchev–Trinajstić information content (AvgIpc) is 2.67. The van der Waals surface area contributed by atoms with Crippen molar-refractivity contribution in [2.75, 3.05) is 37.6 Å². The van der Waals surface area contributed by atoms with Crippen LogP contribution in [0.25, 0.3) is 22.0 Å². The fourth-order valence-electron chi connectivity index (χ4n) is 3.46. The van der Waals surface area contributed by atoms with Crippen molar-refractivity contribution in [2.24, 2.45) is 0 Å². The van der Waals surface area contributed by atoms with Crippen LogP contribution in [-0.4, -0.2) is 47.6 Å². The molecule has 0 unspecified atom stereocenters. The molecule has 25 heavy (non-hydrogen) atoms. The molecule has 1 N–H and O–H groups in total. The molecule has 0 aliphatic carbocycles. The number of piperazine rings is 1. The molecular weight excluding hydrogens is 312 g/mol. The van der Waals surface area contributed by atoms with E-state index in [0.29, 0.717) is 5.95 Å². The second kappa shape index (κ2) is 6.69. The molecule has 1 aromatic heterocycles. The molecule has 1 aliphatic rings. The molecule has 0 amide bonds. The normalized spacial score (nSPS) is 15.6. The number of H-pyrrole nitrogens is 1. The summed E-state index contributed by atoms with van der Waals surface area (Å²) >= 11 is 0. The quantitative estimate of drug-likeness (QED) is 0.800. The van der Waals surface area contributed by atoms with Crippen molar-refractivity contribution in [3.63, 3.8) is 0 Å². The largest absolute Gasteiger partial charge is 0.340 e. The molecule has 0 spiro atoms. The summed E-state index contributed by atoms with van der Waals surface area (Å²) in [6.07, 6.45) is 0. The summed E-state index contributed by atoms with van der Waals surface area (Å²) in [6, 6.07) is 15.9. The van der Waals surface area contributed by atoms with Crippen LogP contribution in [0.3, 0.4) is 0 Å². The molecule has 2 aromatic carbocycles. The Hall–Kier alpha value is -2.66. The molecule has 4 rings (SSSR count). The van der Waals surface area contributed by atoms with Crippen molar-refractivity contribution in [3.8, 4) is 11.3 Å². The highest BCUT2D eigenvalue weighted by Gasteiger charge is 2.18. The van der Waals surface area contributed by atoms with Crippen LogP contribution in [0.1, 0.15) is 6.92 Å². The van der Waals surface area contributed by atoms with Crippen molar-refractivity contribution in [2.45, 2.75) is 6.92 Å². The number of likely N-dealkylation sites (N-methyl/N-ethyl adjacent to an activating group) is 1. The van der Waals surface area contributed by atoms with Gasteiger partial charge < -0.3 is 9.80 Å². The van der Waals surface area contributed by atoms with Gasteiger partial charge in [0.1, 0.15) is 0 Å². The second-order valence-corrected chi connectivity index (χ2v) is 6.40. The van der Waals surface area contributed by atoms with E-state index in [1.807, 2.05) is 24.3 Å². The minimum Gasteiger partial charge on any atom is -0.340 e. The van der Waals surface area contributed by atoms with Crippen LogP contribution in [0, 0.1) is 0 Å². The van der Waals surface area contributed by atoms with Gasteiger partial charge in [0.25, 0.3) is 5.56 Å². The van der Waals surface area contributed by atoms with Gasteiger partial charge >= 0.3 is 0 Å². The van der Waals surface area contributed by atoms with Crippen LogP contribution in [0.15, 0.2) is 53.3 Å². The Kier molecular flexibility index (Phi) is 4.24. The number of anilines is 1. The summed E-state index contributed by atoms with van der Waals surface area (Å²) in [5.74, 6) is 0.672. The van der Waals surface area contributed by atoms with E-state index in [4.69, 9.17) is 4.98 Å². The Morgan fingerprint density at radius 1 is 1.04 bits per heavy atom. The summed E-state index contributed by atoms with van der Waals surface area (Å²) in [4.78, 5) is 24.5. The predicted molar refractivity (Wildman–Crippen MR) is 102 cm³/mol. The molecule has 5 heteroatoms. The number of rotatable bonds is 3. The number of hydrogen-bond acceptors (Lipinski definition) is 4. The van der Waals surface area contributed by atoms with E-state index in [1.54, 1.807) is 6.07 Å². The molecule has 1 fully saturated rings. The van der Waals surface area contributed by atoms with Crippen LogP contribution in [0.2, 0.25) is 0 Å². The first-order valence-corrected chi connectivity index (χ1v) is 8.81. The van der Waals surface area contributed by atoms with Gasteiger partial charge in [0.2, 0.25) is 5.95 Å². The summed E-state index contributed by atoms with van der Waals surface area (Å²) in [6.45, 7) is 7.01. The van der Waals surface area contributed by atoms with Crippen molar-refractivity contribution in [3.05, 3.63) is 58.9 Å². The lowest BCUT2D eigenvalue weighted by Crippen LogP contribution is -2.47. The van der Waals surface area contributed by atoms with Crippen molar-refractivity contribution in [1.82, 2.24) is 14.9 Å². The van der Waals surface area contributed by atoms with Gasteiger partial charge in [0, 0.05) is 37.8 Å². The van der Waals surface area contributed by atoms with E-state index < -0.39 is 0 Å². The summed E-state index contributed by atoms with van der Waals surface area (Å²) < 4.78 is 0. The third kappa shape index (κ3) is 3.15. The third-order valence-electron chi connectivity index (χ3n) is 4.91. The van der Waals surface area contributed by atoms with Gasteiger partial charge in [-0.05, 0) is 17.3 Å². The zero-order valence-electron chi connectivity index (χ0n) is 14.4. The number of hydrogen-bond donors (Lipinski definition) is 1. The lowest BCUT2D eigenvalue weighted by atomic mass is 10.0. The molecular formula is C20H22N4O. The molecule has 0 radical (unpaired) electrons. The topological polar surface area (TPSA) is 52.2 Å². The number of fused-ring (bicyclic) bond motifs is 1. The zero-order chi connectivity index (χ0) is 17.2. The molecule has 128 valence electrons. The Labute approximate surface area is 146 Å². The maximum atomic E-state index is 12.3. The third-order valence-corrected chi connectivity index (χ3v) is 4.91. The Morgan fingerprint density at radius 2 is 1.80 bits per heavy atom. The molecule has 2 heterocycles. The van der Waals surface area contributed by atoms with E-state index in [2.05, 4.69) is 39.9 Å². The zero-order valence-corrected chi connectivity index (χ0v) is 14.4. The lowest BCUT2D eigenvalue weighted by molar-refractivity contribution is 0.270. The van der Waals surface area contributed by atoms with E-state index in [9.17, 15) is 4.79 Å². The van der Waals surface area contributed by atoms with Gasteiger partial charge in [0.05, 0.1) is 5.69 Å². The summed E-state index contributed by atoms with van der Waals surface area (Å²) in [5.41, 5.74) is 1.62. The lowest BCUT2D eigenvalue weighted by Gasteiger charge is -2.34. The predicted octanol–water partition coefficient (Wildman–Crippen LogP) is 2.73. The number of aromatic nitrogens is 2. The van der Waals surface area contributed by atoms with Crippen LogP contribution < -0.4 is 10.5 Å². The molecule has 0 saturated carbocycles. The van der Waals surface area contributed by atoms with E-state index >= 15 is 0 Å². The highest BCUT2D eigenvalue weighted by Crippen LogP contribution is 2.27. The Balaban J connectivity index is 1.74. The van der Waals surface area contributed by atoms with Gasteiger partial charge in [-0.25, -0.2) is 4.98 Å². The van der Waals surface area contributed by atoms with Gasteiger partial charge in [-0.3, -0.25) is 9.78 Å². The standard InChI is InChI=1S/C20H22N4O/c1-2-23-10-12-24(13-11-23)20-21-18(14-19(25)22-20)17-9-5-7-15-6-3-4-8-16(15)17/h3-9,14H,2,10-13H2,1H3,(H,21,22,25). The summed E-state index contributed by atoms with van der Waals surface area (Å²) in [5, 5.41) is 2.27. The van der Waals surface area contributed by atoms with Crippen LogP contribution >= 0.6 is 0 Å². The fourth-order valence-corrected chi connectivity index (χ4v) is 3.46. The minimum absolute atomic E-state index is 0.106. The van der Waals surface area contributed by atoms with Crippen molar-refractivity contribution < 1.29 is 0 Å². The summed E-state index contributed by atoms with van der Waals surface area (Å²) in [7, 11) is 0. The highest BCUT2D eigenvalue weighted by molar-refractivity contribution is 5.95. The first-order chi connectivity index (χ1) is 12.2. The fraction of sp³-hybridized carbons (Fsp3) is 0.300. The average molecular weight is 334 g/mol. The monoisotopic (exact) mass is 334 g/mol. The number of benzene rings is 2. The van der Waals surface area contributed by atoms with E-state index in [0.717, 1.165) is 54.8 Å². The minimum atomic E-state index is -0.106. The van der Waals surface area contributed by atoms with Crippen molar-refractivity contribution >= 4 is 16.7 Å². The van der Waals surface area contributed by atoms with E-state index in [-0.39, 0.29) is 5.56 Å². The van der Waals surface area contributed by atoms with Crippen LogP contribution in [0.5, 0.6) is 0 Å². The molecule has 5 nitrogen and oxygen atoms in total. The molecule has 0 atom stereocenters. The number of nitrogens with one attached hydrogen (secondary N) is 1. The second-order valence-electron chi connectivity index (χ2n) is 6.40. The molecule has 3 aromatic rings. The van der Waals surface area contributed by atoms with Gasteiger partial charge in [-0.1, -0.05) is 49.4 Å².